The lowest BCUT2D eigenvalue weighted by molar-refractivity contribution is 0.463. The maximum absolute atomic E-state index is 6.39. The maximum atomic E-state index is 6.39. The van der Waals surface area contributed by atoms with E-state index in [2.05, 4.69) is 6.92 Å². The van der Waals surface area contributed by atoms with Gasteiger partial charge in [0.15, 0.2) is 0 Å². The first-order valence-electron chi connectivity index (χ1n) is 6.42. The van der Waals surface area contributed by atoms with E-state index in [1.165, 1.54) is 11.1 Å². The zero-order chi connectivity index (χ0) is 13.9. The van der Waals surface area contributed by atoms with Crippen LogP contribution in [0.2, 0.25) is 0 Å². The van der Waals surface area contributed by atoms with E-state index in [-0.39, 0.29) is 5.54 Å². The second-order valence-corrected chi connectivity index (χ2v) is 5.49. The van der Waals surface area contributed by atoms with Gasteiger partial charge in [-0.1, -0.05) is 24.3 Å². The molecule has 0 aromatic heterocycles. The lowest BCUT2D eigenvalue weighted by atomic mass is 9.87. The molecule has 0 fully saturated rings. The van der Waals surface area contributed by atoms with Crippen LogP contribution in [0.1, 0.15) is 18.1 Å². The van der Waals surface area contributed by atoms with Crippen LogP contribution in [-0.4, -0.2) is 5.54 Å². The van der Waals surface area contributed by atoms with Gasteiger partial charge < -0.3 is 17.2 Å². The second-order valence-electron chi connectivity index (χ2n) is 5.49. The lowest BCUT2D eigenvalue weighted by Gasteiger charge is -2.25. The molecular formula is C16H21N3. The van der Waals surface area contributed by atoms with Gasteiger partial charge in [0.1, 0.15) is 0 Å². The minimum Gasteiger partial charge on any atom is -0.399 e. The van der Waals surface area contributed by atoms with E-state index in [4.69, 9.17) is 17.2 Å². The number of benzene rings is 2. The fourth-order valence-corrected chi connectivity index (χ4v) is 2.27. The molecule has 6 N–H and O–H groups in total. The molecule has 2 aromatic rings. The first kappa shape index (κ1) is 13.4. The first-order chi connectivity index (χ1) is 8.94. The molecular weight excluding hydrogens is 234 g/mol. The summed E-state index contributed by atoms with van der Waals surface area (Å²) in [7, 11) is 0. The molecule has 0 spiro atoms. The van der Waals surface area contributed by atoms with Gasteiger partial charge in [0.2, 0.25) is 0 Å². The largest absolute Gasteiger partial charge is 0.399 e. The Morgan fingerprint density at radius 3 is 1.37 bits per heavy atom. The number of rotatable bonds is 4. The zero-order valence-electron chi connectivity index (χ0n) is 11.3. The Balaban J connectivity index is 2.05. The van der Waals surface area contributed by atoms with Gasteiger partial charge in [-0.05, 0) is 55.2 Å². The van der Waals surface area contributed by atoms with E-state index >= 15 is 0 Å². The smallest absolute Gasteiger partial charge is 0.0314 e. The fourth-order valence-electron chi connectivity index (χ4n) is 2.27. The number of hydrogen-bond acceptors (Lipinski definition) is 3. The fraction of sp³-hybridized carbons (Fsp3) is 0.250. The summed E-state index contributed by atoms with van der Waals surface area (Å²) >= 11 is 0. The van der Waals surface area contributed by atoms with Crippen molar-refractivity contribution < 1.29 is 0 Å². The van der Waals surface area contributed by atoms with Crippen LogP contribution in [0.25, 0.3) is 0 Å². The minimum absolute atomic E-state index is 0.285. The van der Waals surface area contributed by atoms with E-state index < -0.39 is 0 Å². The van der Waals surface area contributed by atoms with E-state index in [9.17, 15) is 0 Å². The average molecular weight is 255 g/mol. The molecule has 0 radical (unpaired) electrons. The van der Waals surface area contributed by atoms with Gasteiger partial charge in [-0.15, -0.1) is 0 Å². The molecule has 0 atom stereocenters. The molecule has 2 rings (SSSR count). The van der Waals surface area contributed by atoms with Crippen molar-refractivity contribution in [2.75, 3.05) is 11.5 Å². The third-order valence-electron chi connectivity index (χ3n) is 3.18. The van der Waals surface area contributed by atoms with Crippen molar-refractivity contribution in [2.45, 2.75) is 25.3 Å². The number of anilines is 2. The molecule has 0 aliphatic carbocycles. The Labute approximate surface area is 114 Å². The Morgan fingerprint density at radius 2 is 1.05 bits per heavy atom. The summed E-state index contributed by atoms with van der Waals surface area (Å²) in [6.07, 6.45) is 1.63. The highest BCUT2D eigenvalue weighted by Gasteiger charge is 2.19. The Bertz CT molecular complexity index is 477. The topological polar surface area (TPSA) is 78.1 Å². The zero-order valence-corrected chi connectivity index (χ0v) is 11.3. The maximum Gasteiger partial charge on any atom is 0.0314 e. The number of nitrogen functional groups attached to an aromatic ring is 2. The van der Waals surface area contributed by atoms with E-state index in [1.807, 2.05) is 48.5 Å². The predicted octanol–water partition coefficient (Wildman–Crippen LogP) is 2.35. The summed E-state index contributed by atoms with van der Waals surface area (Å²) in [6, 6.07) is 15.8. The predicted molar refractivity (Wildman–Crippen MR) is 81.7 cm³/mol. The molecule has 100 valence electrons. The van der Waals surface area contributed by atoms with Crippen molar-refractivity contribution >= 4 is 11.4 Å². The van der Waals surface area contributed by atoms with Crippen molar-refractivity contribution in [1.29, 1.82) is 0 Å². The van der Waals surface area contributed by atoms with Crippen molar-refractivity contribution in [3.05, 3.63) is 59.7 Å². The van der Waals surface area contributed by atoms with Crippen LogP contribution in [0.3, 0.4) is 0 Å². The van der Waals surface area contributed by atoms with E-state index in [0.717, 1.165) is 24.2 Å². The van der Waals surface area contributed by atoms with Crippen LogP contribution in [0.5, 0.6) is 0 Å². The Morgan fingerprint density at radius 1 is 0.737 bits per heavy atom. The summed E-state index contributed by atoms with van der Waals surface area (Å²) in [5.41, 5.74) is 21.4. The van der Waals surface area contributed by atoms with Crippen LogP contribution in [0.15, 0.2) is 48.5 Å². The summed E-state index contributed by atoms with van der Waals surface area (Å²) in [6.45, 7) is 2.07. The molecule has 3 heteroatoms. The van der Waals surface area contributed by atoms with Gasteiger partial charge in [0.25, 0.3) is 0 Å². The standard InChI is InChI=1S/C16H21N3/c1-16(19,10-12-2-6-14(17)7-3-12)11-13-4-8-15(18)9-5-13/h2-9H,10-11,17-19H2,1H3. The molecule has 0 saturated heterocycles. The minimum atomic E-state index is -0.285. The van der Waals surface area contributed by atoms with Crippen LogP contribution in [-0.2, 0) is 12.8 Å². The molecule has 2 aromatic carbocycles. The molecule has 0 unspecified atom stereocenters. The van der Waals surface area contributed by atoms with Crippen molar-refractivity contribution in [3.63, 3.8) is 0 Å². The summed E-state index contributed by atoms with van der Waals surface area (Å²) in [5.74, 6) is 0. The molecule has 19 heavy (non-hydrogen) atoms. The molecule has 0 aliphatic rings. The highest BCUT2D eigenvalue weighted by atomic mass is 14.7. The molecule has 0 amide bonds. The van der Waals surface area contributed by atoms with E-state index in [1.54, 1.807) is 0 Å². The third-order valence-corrected chi connectivity index (χ3v) is 3.18. The quantitative estimate of drug-likeness (QED) is 0.734. The van der Waals surface area contributed by atoms with Crippen molar-refractivity contribution in [1.82, 2.24) is 0 Å². The Hall–Kier alpha value is -2.00. The monoisotopic (exact) mass is 255 g/mol. The van der Waals surface area contributed by atoms with Crippen LogP contribution in [0.4, 0.5) is 11.4 Å². The Kier molecular flexibility index (Phi) is 3.76. The van der Waals surface area contributed by atoms with Gasteiger partial charge in [-0.2, -0.15) is 0 Å². The van der Waals surface area contributed by atoms with Gasteiger partial charge >= 0.3 is 0 Å². The van der Waals surface area contributed by atoms with Crippen molar-refractivity contribution in [2.24, 2.45) is 5.73 Å². The molecule has 0 aliphatic heterocycles. The van der Waals surface area contributed by atoms with Crippen molar-refractivity contribution in [3.8, 4) is 0 Å². The first-order valence-corrected chi connectivity index (χ1v) is 6.42. The lowest BCUT2D eigenvalue weighted by Crippen LogP contribution is -2.40. The highest BCUT2D eigenvalue weighted by molar-refractivity contribution is 5.41. The summed E-state index contributed by atoms with van der Waals surface area (Å²) in [4.78, 5) is 0. The summed E-state index contributed by atoms with van der Waals surface area (Å²) < 4.78 is 0. The molecule has 0 heterocycles. The van der Waals surface area contributed by atoms with E-state index in [0.29, 0.717) is 0 Å². The third kappa shape index (κ3) is 4.00. The highest BCUT2D eigenvalue weighted by Crippen LogP contribution is 2.18. The number of hydrogen-bond donors (Lipinski definition) is 3. The molecule has 0 bridgehead atoms. The molecule has 3 nitrogen and oxygen atoms in total. The molecule has 0 saturated carbocycles. The van der Waals surface area contributed by atoms with Gasteiger partial charge in [-0.3, -0.25) is 0 Å². The second kappa shape index (κ2) is 5.33. The van der Waals surface area contributed by atoms with Gasteiger partial charge in [0.05, 0.1) is 0 Å². The van der Waals surface area contributed by atoms with Crippen LogP contribution >= 0.6 is 0 Å². The average Bonchev–Trinajstić information content (AvgIpc) is 2.34. The SMILES string of the molecule is CC(N)(Cc1ccc(N)cc1)Cc1ccc(N)cc1. The summed E-state index contributed by atoms with van der Waals surface area (Å²) in [5, 5.41) is 0. The van der Waals surface area contributed by atoms with Gasteiger partial charge in [-0.25, -0.2) is 0 Å². The van der Waals surface area contributed by atoms with Gasteiger partial charge in [0, 0.05) is 16.9 Å². The van der Waals surface area contributed by atoms with Crippen LogP contribution < -0.4 is 17.2 Å². The number of nitrogens with two attached hydrogens (primary N) is 3. The van der Waals surface area contributed by atoms with Crippen LogP contribution in [0, 0.1) is 0 Å². The normalized spacial score (nSPS) is 11.5.